The molecule has 3 unspecified atom stereocenters. The van der Waals surface area contributed by atoms with Crippen LogP contribution in [-0.4, -0.2) is 47.0 Å². The van der Waals surface area contributed by atoms with Gasteiger partial charge in [0.15, 0.2) is 0 Å². The molecule has 2 N–H and O–H groups in total. The van der Waals surface area contributed by atoms with Crippen LogP contribution in [0.3, 0.4) is 0 Å². The maximum absolute atomic E-state index is 9.43. The fourth-order valence-electron chi connectivity index (χ4n) is 2.36. The van der Waals surface area contributed by atoms with Gasteiger partial charge in [-0.3, -0.25) is 4.90 Å². The first-order valence-electron chi connectivity index (χ1n) is 6.31. The first-order valence-corrected chi connectivity index (χ1v) is 6.31. The highest BCUT2D eigenvalue weighted by molar-refractivity contribution is 4.91. The van der Waals surface area contributed by atoms with Crippen molar-refractivity contribution in [3.05, 3.63) is 12.2 Å². The van der Waals surface area contributed by atoms with Crippen molar-refractivity contribution < 1.29 is 10.2 Å². The largest absolute Gasteiger partial charge is 0.392 e. The van der Waals surface area contributed by atoms with E-state index < -0.39 is 0 Å². The topological polar surface area (TPSA) is 43.7 Å². The standard InChI is InChI=1S/C13H25NO2/c1-11(15)8-14(9-12(2)16)10-13-6-4-3-5-7-13/h3-4,11-13,15-16H,5-10H2,1-2H3. The molecular formula is C13H25NO2. The van der Waals surface area contributed by atoms with Crippen molar-refractivity contribution in [3.63, 3.8) is 0 Å². The summed E-state index contributed by atoms with van der Waals surface area (Å²) in [6.07, 6.45) is 7.38. The van der Waals surface area contributed by atoms with Crippen molar-refractivity contribution in [2.45, 2.75) is 45.3 Å². The van der Waals surface area contributed by atoms with E-state index in [1.807, 2.05) is 0 Å². The van der Waals surface area contributed by atoms with E-state index >= 15 is 0 Å². The number of nitrogens with zero attached hydrogens (tertiary/aromatic N) is 1. The number of aliphatic hydroxyl groups excluding tert-OH is 2. The van der Waals surface area contributed by atoms with Gasteiger partial charge in [-0.15, -0.1) is 0 Å². The molecule has 1 aliphatic rings. The Bertz CT molecular complexity index is 204. The molecule has 94 valence electrons. The van der Waals surface area contributed by atoms with Gasteiger partial charge in [0.2, 0.25) is 0 Å². The lowest BCUT2D eigenvalue weighted by atomic mass is 9.94. The van der Waals surface area contributed by atoms with E-state index in [1.54, 1.807) is 13.8 Å². The highest BCUT2D eigenvalue weighted by atomic mass is 16.3. The Kier molecular flexibility index (Phi) is 6.03. The summed E-state index contributed by atoms with van der Waals surface area (Å²) < 4.78 is 0. The Morgan fingerprint density at radius 2 is 1.81 bits per heavy atom. The Morgan fingerprint density at radius 3 is 2.25 bits per heavy atom. The Hall–Kier alpha value is -0.380. The molecule has 3 nitrogen and oxygen atoms in total. The fourth-order valence-corrected chi connectivity index (χ4v) is 2.36. The van der Waals surface area contributed by atoms with E-state index in [-0.39, 0.29) is 12.2 Å². The van der Waals surface area contributed by atoms with E-state index in [2.05, 4.69) is 17.1 Å². The molecule has 0 aromatic heterocycles. The van der Waals surface area contributed by atoms with E-state index in [0.29, 0.717) is 19.0 Å². The molecule has 0 saturated heterocycles. The Balaban J connectivity index is 2.38. The summed E-state index contributed by atoms with van der Waals surface area (Å²) in [6.45, 7) is 5.90. The molecule has 3 atom stereocenters. The van der Waals surface area contributed by atoms with Gasteiger partial charge in [0.05, 0.1) is 12.2 Å². The minimum atomic E-state index is -0.321. The van der Waals surface area contributed by atoms with Crippen LogP contribution >= 0.6 is 0 Å². The maximum Gasteiger partial charge on any atom is 0.0639 e. The highest BCUT2D eigenvalue weighted by Gasteiger charge is 2.17. The lowest BCUT2D eigenvalue weighted by Crippen LogP contribution is -2.39. The normalized spacial score (nSPS) is 24.7. The molecule has 0 aromatic rings. The molecule has 0 aliphatic heterocycles. The third kappa shape index (κ3) is 5.64. The van der Waals surface area contributed by atoms with Gasteiger partial charge in [0.25, 0.3) is 0 Å². The van der Waals surface area contributed by atoms with Gasteiger partial charge in [0.1, 0.15) is 0 Å². The van der Waals surface area contributed by atoms with Crippen LogP contribution in [0.25, 0.3) is 0 Å². The zero-order valence-electron chi connectivity index (χ0n) is 10.5. The van der Waals surface area contributed by atoms with E-state index in [1.165, 1.54) is 12.8 Å². The summed E-state index contributed by atoms with van der Waals surface area (Å²) in [6, 6.07) is 0. The van der Waals surface area contributed by atoms with Crippen LogP contribution < -0.4 is 0 Å². The predicted octanol–water partition coefficient (Wildman–Crippen LogP) is 1.41. The van der Waals surface area contributed by atoms with Gasteiger partial charge >= 0.3 is 0 Å². The Morgan fingerprint density at radius 1 is 1.19 bits per heavy atom. The lowest BCUT2D eigenvalue weighted by Gasteiger charge is -2.29. The maximum atomic E-state index is 9.43. The van der Waals surface area contributed by atoms with Gasteiger partial charge in [-0.05, 0) is 39.0 Å². The average molecular weight is 227 g/mol. The van der Waals surface area contributed by atoms with Crippen molar-refractivity contribution in [2.24, 2.45) is 5.92 Å². The molecule has 0 fully saturated rings. The average Bonchev–Trinajstić information content (AvgIpc) is 2.16. The molecule has 0 spiro atoms. The smallest absolute Gasteiger partial charge is 0.0639 e. The number of hydrogen-bond acceptors (Lipinski definition) is 3. The van der Waals surface area contributed by atoms with Gasteiger partial charge in [-0.25, -0.2) is 0 Å². The van der Waals surface area contributed by atoms with Crippen molar-refractivity contribution >= 4 is 0 Å². The molecule has 0 saturated carbocycles. The molecule has 3 heteroatoms. The third-order valence-electron chi connectivity index (χ3n) is 2.94. The molecule has 0 heterocycles. The summed E-state index contributed by atoms with van der Waals surface area (Å²) in [5.74, 6) is 0.683. The second-order valence-corrected chi connectivity index (χ2v) is 5.07. The zero-order chi connectivity index (χ0) is 12.0. The van der Waals surface area contributed by atoms with Crippen LogP contribution in [0, 0.1) is 5.92 Å². The number of hydrogen-bond donors (Lipinski definition) is 2. The zero-order valence-corrected chi connectivity index (χ0v) is 10.5. The van der Waals surface area contributed by atoms with Crippen molar-refractivity contribution in [3.8, 4) is 0 Å². The third-order valence-corrected chi connectivity index (χ3v) is 2.94. The summed E-state index contributed by atoms with van der Waals surface area (Å²) in [5.41, 5.74) is 0. The molecule has 0 aromatic carbocycles. The minimum Gasteiger partial charge on any atom is -0.392 e. The summed E-state index contributed by atoms with van der Waals surface area (Å²) in [5, 5.41) is 18.9. The van der Waals surface area contributed by atoms with Gasteiger partial charge in [0, 0.05) is 19.6 Å². The summed E-state index contributed by atoms with van der Waals surface area (Å²) in [7, 11) is 0. The van der Waals surface area contributed by atoms with Crippen molar-refractivity contribution in [1.82, 2.24) is 4.90 Å². The van der Waals surface area contributed by atoms with Crippen LogP contribution in [0.15, 0.2) is 12.2 Å². The second-order valence-electron chi connectivity index (χ2n) is 5.07. The van der Waals surface area contributed by atoms with E-state index in [0.717, 1.165) is 13.0 Å². The predicted molar refractivity (Wildman–Crippen MR) is 66.3 cm³/mol. The summed E-state index contributed by atoms with van der Waals surface area (Å²) >= 11 is 0. The number of aliphatic hydroxyl groups is 2. The van der Waals surface area contributed by atoms with Gasteiger partial charge < -0.3 is 10.2 Å². The van der Waals surface area contributed by atoms with Gasteiger partial charge in [-0.1, -0.05) is 12.2 Å². The van der Waals surface area contributed by atoms with Crippen LogP contribution in [0.4, 0.5) is 0 Å². The first kappa shape index (κ1) is 13.7. The highest BCUT2D eigenvalue weighted by Crippen LogP contribution is 2.19. The van der Waals surface area contributed by atoms with Crippen LogP contribution in [0.2, 0.25) is 0 Å². The van der Waals surface area contributed by atoms with E-state index in [4.69, 9.17) is 0 Å². The molecule has 1 rings (SSSR count). The quantitative estimate of drug-likeness (QED) is 0.674. The second kappa shape index (κ2) is 7.05. The monoisotopic (exact) mass is 227 g/mol. The molecular weight excluding hydrogens is 202 g/mol. The molecule has 0 bridgehead atoms. The number of rotatable bonds is 6. The SMILES string of the molecule is CC(O)CN(CC(C)O)CC1CC=CCC1. The van der Waals surface area contributed by atoms with Crippen LogP contribution in [-0.2, 0) is 0 Å². The molecule has 16 heavy (non-hydrogen) atoms. The fraction of sp³-hybridized carbons (Fsp3) is 0.846. The molecule has 0 amide bonds. The Labute approximate surface area is 98.8 Å². The van der Waals surface area contributed by atoms with Crippen molar-refractivity contribution in [1.29, 1.82) is 0 Å². The molecule has 0 radical (unpaired) electrons. The number of allylic oxidation sites excluding steroid dienone is 2. The summed E-state index contributed by atoms with van der Waals surface area (Å²) in [4.78, 5) is 2.18. The molecule has 1 aliphatic carbocycles. The lowest BCUT2D eigenvalue weighted by molar-refractivity contribution is 0.0728. The van der Waals surface area contributed by atoms with Crippen LogP contribution in [0.1, 0.15) is 33.1 Å². The van der Waals surface area contributed by atoms with E-state index in [9.17, 15) is 10.2 Å². The van der Waals surface area contributed by atoms with Gasteiger partial charge in [-0.2, -0.15) is 0 Å². The minimum absolute atomic E-state index is 0.321. The first-order chi connectivity index (χ1) is 7.58. The van der Waals surface area contributed by atoms with Crippen LogP contribution in [0.5, 0.6) is 0 Å². The van der Waals surface area contributed by atoms with Crippen molar-refractivity contribution in [2.75, 3.05) is 19.6 Å².